The Kier molecular flexibility index (Phi) is 8.86. The zero-order chi connectivity index (χ0) is 29.0. The molecular formula is C28H32N6O5S. The smallest absolute Gasteiger partial charge is 0.332 e. The van der Waals surface area contributed by atoms with Crippen molar-refractivity contribution in [3.8, 4) is 16.8 Å². The molecule has 0 bridgehead atoms. The van der Waals surface area contributed by atoms with E-state index >= 15 is 0 Å². The van der Waals surface area contributed by atoms with Gasteiger partial charge in [-0.25, -0.2) is 14.0 Å². The molecule has 2 atom stereocenters. The van der Waals surface area contributed by atoms with Crippen LogP contribution in [0.4, 0.5) is 0 Å². The molecule has 0 radical (unpaired) electrons. The summed E-state index contributed by atoms with van der Waals surface area (Å²) in [5.74, 6) is 0.123. The van der Waals surface area contributed by atoms with Gasteiger partial charge in [0.2, 0.25) is 5.91 Å². The summed E-state index contributed by atoms with van der Waals surface area (Å²) in [4.78, 5) is 41.4. The van der Waals surface area contributed by atoms with Gasteiger partial charge in [-0.15, -0.1) is 0 Å². The molecule has 0 aliphatic heterocycles. The molecule has 3 aromatic heterocycles. The van der Waals surface area contributed by atoms with Gasteiger partial charge >= 0.3 is 5.69 Å². The number of nitrogens with one attached hydrogen (secondary N) is 1. The second kappa shape index (κ2) is 12.3. The summed E-state index contributed by atoms with van der Waals surface area (Å²) in [6, 6.07) is 9.90. The number of nitrogens with zero attached hydrogens (tertiary/aromatic N) is 5. The number of amides is 1. The van der Waals surface area contributed by atoms with Crippen LogP contribution in [0.1, 0.15) is 50.5 Å². The number of para-hydroxylation sites is 1. The van der Waals surface area contributed by atoms with E-state index in [4.69, 9.17) is 14.7 Å². The number of hydrogen-bond donors (Lipinski definition) is 1. The lowest BCUT2D eigenvalue weighted by Gasteiger charge is -2.23. The quantitative estimate of drug-likeness (QED) is 0.276. The minimum atomic E-state index is -1.06. The van der Waals surface area contributed by atoms with Gasteiger partial charge in [0.05, 0.1) is 38.1 Å². The average molecular weight is 565 g/mol. The van der Waals surface area contributed by atoms with E-state index in [9.17, 15) is 14.4 Å². The SMILES string of the molecule is COc1ccccc1[C@H](Cn1c(=O)n([C@H](C)C(=O)NC(C)C)c(=O)c2c(C)c(-n3cccn3)sc21)OCCC#N. The predicted octanol–water partition coefficient (Wildman–Crippen LogP) is 3.48. The number of aromatic nitrogens is 4. The standard InChI is InChI=1S/C28H32N6O5S/c1-17(2)31-24(35)19(4)34-25(36)23-18(3)26(33-14-9-13-30-33)40-27(23)32(28(34)37)16-22(39-15-8-12-29)20-10-6-7-11-21(20)38-5/h6-7,9-11,13-14,17,19,22H,8,15-16H2,1-5H3,(H,31,35)/t19-,22+/m1/s1. The van der Waals surface area contributed by atoms with Crippen LogP contribution in [-0.2, 0) is 16.1 Å². The van der Waals surface area contributed by atoms with Crippen molar-refractivity contribution in [2.45, 2.75) is 58.8 Å². The molecule has 3 heterocycles. The Balaban J connectivity index is 1.97. The number of ether oxygens (including phenoxy) is 2. The largest absolute Gasteiger partial charge is 0.496 e. The maximum Gasteiger partial charge on any atom is 0.332 e. The molecule has 4 aromatic rings. The number of aryl methyl sites for hydroxylation is 1. The molecule has 0 aliphatic rings. The number of fused-ring (bicyclic) bond motifs is 1. The number of rotatable bonds is 11. The molecule has 0 unspecified atom stereocenters. The Morgan fingerprint density at radius 1 is 1.20 bits per heavy atom. The van der Waals surface area contributed by atoms with E-state index in [1.165, 1.54) is 22.8 Å². The Labute approximate surface area is 235 Å². The van der Waals surface area contributed by atoms with Gasteiger partial charge in [0.25, 0.3) is 5.56 Å². The van der Waals surface area contributed by atoms with Crippen LogP contribution in [0, 0.1) is 18.3 Å². The van der Waals surface area contributed by atoms with Gasteiger partial charge in [-0.05, 0) is 39.8 Å². The first-order valence-corrected chi connectivity index (χ1v) is 13.7. The van der Waals surface area contributed by atoms with E-state index in [2.05, 4.69) is 16.5 Å². The van der Waals surface area contributed by atoms with E-state index in [-0.39, 0.29) is 25.6 Å². The fraction of sp³-hybridized carbons (Fsp3) is 0.393. The van der Waals surface area contributed by atoms with Crippen LogP contribution in [0.2, 0.25) is 0 Å². The molecule has 0 aliphatic carbocycles. The van der Waals surface area contributed by atoms with E-state index in [0.29, 0.717) is 32.1 Å². The molecule has 4 rings (SSSR count). The van der Waals surface area contributed by atoms with Crippen molar-refractivity contribution in [1.29, 1.82) is 5.26 Å². The van der Waals surface area contributed by atoms with Crippen molar-refractivity contribution in [3.63, 3.8) is 0 Å². The predicted molar refractivity (Wildman–Crippen MR) is 152 cm³/mol. The van der Waals surface area contributed by atoms with E-state index in [0.717, 1.165) is 4.57 Å². The zero-order valence-electron chi connectivity index (χ0n) is 23.1. The maximum atomic E-state index is 14.1. The molecule has 11 nitrogen and oxygen atoms in total. The lowest BCUT2D eigenvalue weighted by Crippen LogP contribution is -2.47. The molecule has 0 saturated heterocycles. The normalized spacial score (nSPS) is 12.8. The first-order chi connectivity index (χ1) is 19.2. The topological polar surface area (TPSA) is 133 Å². The van der Waals surface area contributed by atoms with E-state index in [1.54, 1.807) is 43.2 Å². The minimum Gasteiger partial charge on any atom is -0.496 e. The molecule has 1 amide bonds. The van der Waals surface area contributed by atoms with Crippen molar-refractivity contribution in [2.24, 2.45) is 0 Å². The molecule has 40 heavy (non-hydrogen) atoms. The van der Waals surface area contributed by atoms with E-state index < -0.39 is 29.3 Å². The third-order valence-electron chi connectivity index (χ3n) is 6.50. The molecular weight excluding hydrogens is 532 g/mol. The van der Waals surface area contributed by atoms with Gasteiger partial charge in [-0.1, -0.05) is 29.5 Å². The minimum absolute atomic E-state index is 0.0123. The van der Waals surface area contributed by atoms with Crippen LogP contribution in [0.25, 0.3) is 15.2 Å². The van der Waals surface area contributed by atoms with Crippen LogP contribution >= 0.6 is 11.3 Å². The number of carbonyl (C=O) groups excluding carboxylic acids is 1. The van der Waals surface area contributed by atoms with Crippen LogP contribution < -0.4 is 21.3 Å². The summed E-state index contributed by atoms with van der Waals surface area (Å²) in [7, 11) is 1.55. The highest BCUT2D eigenvalue weighted by Gasteiger charge is 2.28. The van der Waals surface area contributed by atoms with Crippen LogP contribution in [0.3, 0.4) is 0 Å². The molecule has 12 heteroatoms. The van der Waals surface area contributed by atoms with Crippen LogP contribution in [0.15, 0.2) is 52.3 Å². The summed E-state index contributed by atoms with van der Waals surface area (Å²) < 4.78 is 15.8. The lowest BCUT2D eigenvalue weighted by atomic mass is 10.1. The second-order valence-corrected chi connectivity index (χ2v) is 10.6. The highest BCUT2D eigenvalue weighted by atomic mass is 32.1. The molecule has 0 saturated carbocycles. The molecule has 0 fully saturated rings. The van der Waals surface area contributed by atoms with Crippen molar-refractivity contribution in [3.05, 3.63) is 74.7 Å². The first kappa shape index (κ1) is 28.8. The highest BCUT2D eigenvalue weighted by Crippen LogP contribution is 2.34. The monoisotopic (exact) mass is 564 g/mol. The Hall–Kier alpha value is -4.21. The van der Waals surface area contributed by atoms with Crippen molar-refractivity contribution in [1.82, 2.24) is 24.2 Å². The van der Waals surface area contributed by atoms with Crippen molar-refractivity contribution < 1.29 is 14.3 Å². The number of thiophene rings is 1. The van der Waals surface area contributed by atoms with Gasteiger partial charge in [0, 0.05) is 29.6 Å². The van der Waals surface area contributed by atoms with Crippen LogP contribution in [-0.4, -0.2) is 44.6 Å². The molecule has 0 spiro atoms. The number of nitriles is 1. The van der Waals surface area contributed by atoms with Gasteiger partial charge in [-0.2, -0.15) is 10.4 Å². The third kappa shape index (κ3) is 5.57. The Morgan fingerprint density at radius 3 is 2.60 bits per heavy atom. The van der Waals surface area contributed by atoms with Gasteiger partial charge < -0.3 is 14.8 Å². The number of benzene rings is 1. The fourth-order valence-corrected chi connectivity index (χ4v) is 5.82. The van der Waals surface area contributed by atoms with Gasteiger partial charge in [-0.3, -0.25) is 14.2 Å². The first-order valence-electron chi connectivity index (χ1n) is 12.9. The molecule has 210 valence electrons. The number of carbonyl (C=O) groups is 1. The molecule has 1 aromatic carbocycles. The fourth-order valence-electron chi connectivity index (χ4n) is 4.57. The average Bonchev–Trinajstić information content (AvgIpc) is 3.58. The van der Waals surface area contributed by atoms with Gasteiger partial charge in [0.1, 0.15) is 27.7 Å². The van der Waals surface area contributed by atoms with Crippen LogP contribution in [0.5, 0.6) is 5.75 Å². The Morgan fingerprint density at radius 2 is 1.95 bits per heavy atom. The Bertz CT molecular complexity index is 1660. The number of hydrogen-bond acceptors (Lipinski definition) is 8. The lowest BCUT2D eigenvalue weighted by molar-refractivity contribution is -0.124. The second-order valence-electron chi connectivity index (χ2n) is 9.58. The summed E-state index contributed by atoms with van der Waals surface area (Å²) in [5.41, 5.74) is 0.147. The zero-order valence-corrected chi connectivity index (χ0v) is 23.9. The summed E-state index contributed by atoms with van der Waals surface area (Å²) in [5, 5.41) is 17.2. The summed E-state index contributed by atoms with van der Waals surface area (Å²) >= 11 is 1.26. The van der Waals surface area contributed by atoms with Gasteiger partial charge in [0.15, 0.2) is 0 Å². The summed E-state index contributed by atoms with van der Waals surface area (Å²) in [6.07, 6.45) is 2.87. The van der Waals surface area contributed by atoms with Crippen molar-refractivity contribution in [2.75, 3.05) is 13.7 Å². The molecule has 1 N–H and O–H groups in total. The highest BCUT2D eigenvalue weighted by molar-refractivity contribution is 7.21. The third-order valence-corrected chi connectivity index (χ3v) is 7.80. The van der Waals surface area contributed by atoms with E-state index in [1.807, 2.05) is 32.0 Å². The summed E-state index contributed by atoms with van der Waals surface area (Å²) in [6.45, 7) is 7.10. The maximum absolute atomic E-state index is 14.1. The van der Waals surface area contributed by atoms with Crippen molar-refractivity contribution >= 4 is 27.5 Å². The number of methoxy groups -OCH3 is 1.